The smallest absolute Gasteiger partial charge is 0.0731 e. The fourth-order valence-electron chi connectivity index (χ4n) is 1.38. The van der Waals surface area contributed by atoms with Crippen molar-refractivity contribution in [1.29, 1.82) is 0 Å². The zero-order valence-corrected chi connectivity index (χ0v) is 11.9. The third-order valence-electron chi connectivity index (χ3n) is 2.87. The van der Waals surface area contributed by atoms with Crippen molar-refractivity contribution in [3.8, 4) is 11.3 Å². The third kappa shape index (κ3) is 4.70. The van der Waals surface area contributed by atoms with E-state index in [1.165, 1.54) is 17.5 Å². The summed E-state index contributed by atoms with van der Waals surface area (Å²) < 4.78 is 0. The van der Waals surface area contributed by atoms with Gasteiger partial charge in [-0.25, -0.2) is 0 Å². The Labute approximate surface area is 111 Å². The predicted octanol–water partition coefficient (Wildman–Crippen LogP) is 5.11. The van der Waals surface area contributed by atoms with Crippen molar-refractivity contribution in [2.75, 3.05) is 0 Å². The number of aryl methyl sites for hydroxylation is 1. The molecule has 0 fully saturated rings. The van der Waals surface area contributed by atoms with Gasteiger partial charge < -0.3 is 0 Å². The van der Waals surface area contributed by atoms with Gasteiger partial charge in [0.05, 0.1) is 5.69 Å². The molecule has 0 amide bonds. The average molecular weight is 241 g/mol. The van der Waals surface area contributed by atoms with E-state index in [1.54, 1.807) is 0 Å². The van der Waals surface area contributed by atoms with Gasteiger partial charge in [-0.2, -0.15) is 0 Å². The molecule has 1 nitrogen and oxygen atoms in total. The maximum Gasteiger partial charge on any atom is 0.0731 e. The van der Waals surface area contributed by atoms with Gasteiger partial charge in [-0.05, 0) is 24.5 Å². The van der Waals surface area contributed by atoms with Gasteiger partial charge in [0.15, 0.2) is 0 Å². The highest BCUT2D eigenvalue weighted by molar-refractivity contribution is 5.62. The summed E-state index contributed by atoms with van der Waals surface area (Å²) >= 11 is 0. The normalized spacial score (nSPS) is 9.83. The van der Waals surface area contributed by atoms with Crippen LogP contribution >= 0.6 is 0 Å². The van der Waals surface area contributed by atoms with Crippen LogP contribution in [0.2, 0.25) is 0 Å². The molecule has 1 heteroatoms. The first-order valence-electron chi connectivity index (χ1n) is 6.62. The second-order valence-electron chi connectivity index (χ2n) is 4.84. The van der Waals surface area contributed by atoms with E-state index in [2.05, 4.69) is 50.9 Å². The van der Waals surface area contributed by atoms with E-state index < -0.39 is 0 Å². The number of rotatable bonds is 2. The summed E-state index contributed by atoms with van der Waals surface area (Å²) in [4.78, 5) is 4.35. The van der Waals surface area contributed by atoms with E-state index in [-0.39, 0.29) is 0 Å². The minimum Gasteiger partial charge on any atom is -0.256 e. The Balaban J connectivity index is 0.000000280. The summed E-state index contributed by atoms with van der Waals surface area (Å²) in [6, 6.07) is 14.3. The highest BCUT2D eigenvalue weighted by Gasteiger charge is 1.99. The van der Waals surface area contributed by atoms with Crippen LogP contribution in [0.5, 0.6) is 0 Å². The summed E-state index contributed by atoms with van der Waals surface area (Å²) in [5, 5.41) is 0. The highest BCUT2D eigenvalue weighted by atomic mass is 14.7. The molecule has 0 aliphatic rings. The number of nitrogens with zero attached hydrogens (tertiary/aromatic N) is 1. The van der Waals surface area contributed by atoms with Crippen LogP contribution in [0.3, 0.4) is 0 Å². The van der Waals surface area contributed by atoms with Crippen molar-refractivity contribution >= 4 is 0 Å². The first kappa shape index (κ1) is 14.4. The van der Waals surface area contributed by atoms with E-state index in [0.29, 0.717) is 0 Å². The molecule has 2 aromatic rings. The van der Waals surface area contributed by atoms with E-state index >= 15 is 0 Å². The zero-order chi connectivity index (χ0) is 13.4. The van der Waals surface area contributed by atoms with Gasteiger partial charge in [0, 0.05) is 11.8 Å². The predicted molar refractivity (Wildman–Crippen MR) is 79.5 cm³/mol. The fourth-order valence-corrected chi connectivity index (χ4v) is 1.38. The van der Waals surface area contributed by atoms with E-state index in [9.17, 15) is 0 Å². The molecule has 0 unspecified atom stereocenters. The molecular formula is C17H23N. The second kappa shape index (κ2) is 7.65. The number of pyridine rings is 1. The maximum atomic E-state index is 4.35. The summed E-state index contributed by atoms with van der Waals surface area (Å²) in [6.45, 7) is 8.72. The van der Waals surface area contributed by atoms with Crippen molar-refractivity contribution in [2.24, 2.45) is 5.92 Å². The van der Waals surface area contributed by atoms with Crippen LogP contribution in [0.1, 0.15) is 32.8 Å². The second-order valence-corrected chi connectivity index (χ2v) is 4.84. The number of hydrogen-bond acceptors (Lipinski definition) is 1. The van der Waals surface area contributed by atoms with Crippen LogP contribution in [0.25, 0.3) is 11.3 Å². The van der Waals surface area contributed by atoms with Crippen LogP contribution in [-0.4, -0.2) is 4.98 Å². The summed E-state index contributed by atoms with van der Waals surface area (Å²) in [5.74, 6) is 0.884. The minimum atomic E-state index is 0.884. The molecule has 18 heavy (non-hydrogen) atoms. The lowest BCUT2D eigenvalue weighted by Gasteiger charge is -2.02. The first-order valence-corrected chi connectivity index (χ1v) is 6.62. The molecule has 0 spiro atoms. The quantitative estimate of drug-likeness (QED) is 0.712. The van der Waals surface area contributed by atoms with Crippen molar-refractivity contribution in [2.45, 2.75) is 34.1 Å². The molecule has 1 aromatic heterocycles. The van der Waals surface area contributed by atoms with Gasteiger partial charge in [0.25, 0.3) is 0 Å². The molecule has 0 aliphatic carbocycles. The van der Waals surface area contributed by atoms with Gasteiger partial charge in [0.1, 0.15) is 0 Å². The van der Waals surface area contributed by atoms with E-state index in [0.717, 1.165) is 11.6 Å². The van der Waals surface area contributed by atoms with E-state index in [1.807, 2.05) is 30.5 Å². The number of benzene rings is 1. The van der Waals surface area contributed by atoms with Crippen LogP contribution in [0.4, 0.5) is 0 Å². The Morgan fingerprint density at radius 3 is 2.11 bits per heavy atom. The van der Waals surface area contributed by atoms with Crippen LogP contribution in [-0.2, 0) is 0 Å². The van der Waals surface area contributed by atoms with Crippen LogP contribution < -0.4 is 0 Å². The van der Waals surface area contributed by atoms with Crippen molar-refractivity contribution < 1.29 is 0 Å². The lowest BCUT2D eigenvalue weighted by molar-refractivity contribution is 0.626. The van der Waals surface area contributed by atoms with Gasteiger partial charge in [-0.15, -0.1) is 0 Å². The van der Waals surface area contributed by atoms with Gasteiger partial charge in [0.2, 0.25) is 0 Å². The third-order valence-corrected chi connectivity index (χ3v) is 2.87. The SMILES string of the molecule is CCC(C)C.Cc1cccnc1-c1ccccc1. The molecule has 0 saturated heterocycles. The average Bonchev–Trinajstić information content (AvgIpc) is 2.41. The molecule has 2 rings (SSSR count). The van der Waals surface area contributed by atoms with Crippen molar-refractivity contribution in [3.63, 3.8) is 0 Å². The molecule has 0 atom stereocenters. The highest BCUT2D eigenvalue weighted by Crippen LogP contribution is 2.19. The zero-order valence-electron chi connectivity index (χ0n) is 11.9. The molecule has 0 saturated carbocycles. The Morgan fingerprint density at radius 2 is 1.61 bits per heavy atom. The monoisotopic (exact) mass is 241 g/mol. The summed E-state index contributed by atoms with van der Waals surface area (Å²) in [5.41, 5.74) is 3.47. The summed E-state index contributed by atoms with van der Waals surface area (Å²) in [6.07, 6.45) is 3.13. The summed E-state index contributed by atoms with van der Waals surface area (Å²) in [7, 11) is 0. The van der Waals surface area contributed by atoms with Crippen molar-refractivity contribution in [1.82, 2.24) is 4.98 Å². The largest absolute Gasteiger partial charge is 0.256 e. The first-order chi connectivity index (χ1) is 8.65. The maximum absolute atomic E-state index is 4.35. The fraction of sp³-hybridized carbons (Fsp3) is 0.353. The Kier molecular flexibility index (Phi) is 6.13. The van der Waals surface area contributed by atoms with Gasteiger partial charge in [-0.1, -0.05) is 63.6 Å². The Hall–Kier alpha value is -1.63. The van der Waals surface area contributed by atoms with Crippen molar-refractivity contribution in [3.05, 3.63) is 54.2 Å². The molecule has 1 aromatic carbocycles. The molecule has 1 heterocycles. The van der Waals surface area contributed by atoms with Gasteiger partial charge >= 0.3 is 0 Å². The number of aromatic nitrogens is 1. The van der Waals surface area contributed by atoms with Crippen LogP contribution in [0.15, 0.2) is 48.7 Å². The molecule has 0 N–H and O–H groups in total. The topological polar surface area (TPSA) is 12.9 Å². The molecular weight excluding hydrogens is 218 g/mol. The molecule has 0 bridgehead atoms. The molecule has 0 aliphatic heterocycles. The Bertz CT molecular complexity index is 446. The minimum absolute atomic E-state index is 0.884. The lowest BCUT2D eigenvalue weighted by atomic mass is 10.1. The number of hydrogen-bond donors (Lipinski definition) is 0. The molecule has 0 radical (unpaired) electrons. The van der Waals surface area contributed by atoms with E-state index in [4.69, 9.17) is 0 Å². The van der Waals surface area contributed by atoms with Gasteiger partial charge in [-0.3, -0.25) is 4.98 Å². The Morgan fingerprint density at radius 1 is 1.00 bits per heavy atom. The standard InChI is InChI=1S/C12H11N.C5H12/c1-10-6-5-9-13-12(10)11-7-3-2-4-8-11;1-4-5(2)3/h2-9H,1H3;5H,4H2,1-3H3. The lowest BCUT2D eigenvalue weighted by Crippen LogP contribution is -1.85. The van der Waals surface area contributed by atoms with Crippen LogP contribution in [0, 0.1) is 12.8 Å². The molecule has 96 valence electrons.